The molecule has 32 heavy (non-hydrogen) atoms. The minimum absolute atomic E-state index is 0.126. The molecule has 7 nitrogen and oxygen atoms in total. The number of benzene rings is 1. The SMILES string of the molecule is CC(=O)N1CC[C@H](c2[nH]ncc2-c2ccnc(NCc3ccccc3OCC(C)C)c2)C1. The number of carbonyl (C=O) groups excluding carboxylic acids is 1. The molecule has 0 unspecified atom stereocenters. The summed E-state index contributed by atoms with van der Waals surface area (Å²) in [5, 5.41) is 10.9. The molecule has 1 aliphatic rings. The molecular weight excluding hydrogens is 402 g/mol. The van der Waals surface area contributed by atoms with Crippen LogP contribution in [0, 0.1) is 5.92 Å². The number of H-pyrrole nitrogens is 1. The molecule has 168 valence electrons. The fourth-order valence-corrected chi connectivity index (χ4v) is 4.05. The van der Waals surface area contributed by atoms with Crippen molar-refractivity contribution in [1.82, 2.24) is 20.1 Å². The van der Waals surface area contributed by atoms with Gasteiger partial charge in [-0.25, -0.2) is 4.98 Å². The van der Waals surface area contributed by atoms with Crippen LogP contribution in [0.15, 0.2) is 48.8 Å². The Morgan fingerprint density at radius 1 is 1.31 bits per heavy atom. The largest absolute Gasteiger partial charge is 0.493 e. The Morgan fingerprint density at radius 2 is 2.16 bits per heavy atom. The number of ether oxygens (including phenoxy) is 1. The molecule has 0 bridgehead atoms. The second kappa shape index (κ2) is 9.85. The van der Waals surface area contributed by atoms with Crippen LogP contribution in [0.4, 0.5) is 5.82 Å². The molecule has 1 fully saturated rings. The number of hydrogen-bond acceptors (Lipinski definition) is 5. The highest BCUT2D eigenvalue weighted by atomic mass is 16.5. The molecule has 3 aromatic rings. The summed E-state index contributed by atoms with van der Waals surface area (Å²) < 4.78 is 5.97. The first-order valence-electron chi connectivity index (χ1n) is 11.2. The van der Waals surface area contributed by atoms with E-state index in [0.29, 0.717) is 19.1 Å². The molecule has 7 heteroatoms. The van der Waals surface area contributed by atoms with E-state index in [4.69, 9.17) is 4.74 Å². The van der Waals surface area contributed by atoms with Gasteiger partial charge in [0.1, 0.15) is 11.6 Å². The van der Waals surface area contributed by atoms with Gasteiger partial charge >= 0.3 is 0 Å². The number of nitrogens with zero attached hydrogens (tertiary/aromatic N) is 3. The minimum atomic E-state index is 0.126. The second-order valence-electron chi connectivity index (χ2n) is 8.74. The summed E-state index contributed by atoms with van der Waals surface area (Å²) in [6.07, 6.45) is 4.62. The van der Waals surface area contributed by atoms with E-state index in [1.165, 1.54) is 0 Å². The molecule has 1 amide bonds. The van der Waals surface area contributed by atoms with Gasteiger partial charge in [-0.3, -0.25) is 9.89 Å². The van der Waals surface area contributed by atoms with Crippen molar-refractivity contribution in [3.8, 4) is 16.9 Å². The molecule has 1 aromatic carbocycles. The first-order chi connectivity index (χ1) is 15.5. The van der Waals surface area contributed by atoms with E-state index in [1.807, 2.05) is 47.6 Å². The van der Waals surface area contributed by atoms with E-state index >= 15 is 0 Å². The van der Waals surface area contributed by atoms with Gasteiger partial charge in [-0.05, 0) is 36.1 Å². The van der Waals surface area contributed by atoms with Crippen molar-refractivity contribution in [2.75, 3.05) is 25.0 Å². The maximum atomic E-state index is 11.7. The van der Waals surface area contributed by atoms with Crippen LogP contribution >= 0.6 is 0 Å². The molecule has 4 rings (SSSR count). The molecule has 2 aromatic heterocycles. The van der Waals surface area contributed by atoms with Crippen molar-refractivity contribution >= 4 is 11.7 Å². The van der Waals surface area contributed by atoms with E-state index in [-0.39, 0.29) is 11.8 Å². The number of aromatic amines is 1. The Labute approximate surface area is 189 Å². The second-order valence-corrected chi connectivity index (χ2v) is 8.74. The summed E-state index contributed by atoms with van der Waals surface area (Å²) >= 11 is 0. The predicted molar refractivity (Wildman–Crippen MR) is 126 cm³/mol. The van der Waals surface area contributed by atoms with Crippen LogP contribution in [0.25, 0.3) is 11.1 Å². The Hall–Kier alpha value is -3.35. The maximum Gasteiger partial charge on any atom is 0.219 e. The van der Waals surface area contributed by atoms with Gasteiger partial charge in [-0.2, -0.15) is 5.10 Å². The van der Waals surface area contributed by atoms with E-state index < -0.39 is 0 Å². The smallest absolute Gasteiger partial charge is 0.219 e. The zero-order chi connectivity index (χ0) is 22.5. The number of pyridine rings is 1. The Kier molecular flexibility index (Phi) is 6.73. The van der Waals surface area contributed by atoms with Gasteiger partial charge < -0.3 is 15.0 Å². The highest BCUT2D eigenvalue weighted by Gasteiger charge is 2.28. The minimum Gasteiger partial charge on any atom is -0.493 e. The lowest BCUT2D eigenvalue weighted by Gasteiger charge is -2.15. The number of para-hydroxylation sites is 1. The van der Waals surface area contributed by atoms with Gasteiger partial charge in [0.25, 0.3) is 0 Å². The Morgan fingerprint density at radius 3 is 2.94 bits per heavy atom. The number of aromatic nitrogens is 3. The molecule has 1 atom stereocenters. The van der Waals surface area contributed by atoms with Gasteiger partial charge in [-0.1, -0.05) is 32.0 Å². The highest BCUT2D eigenvalue weighted by Crippen LogP contribution is 2.34. The summed E-state index contributed by atoms with van der Waals surface area (Å²) in [6.45, 7) is 8.75. The van der Waals surface area contributed by atoms with E-state index in [0.717, 1.165) is 53.5 Å². The fourth-order valence-electron chi connectivity index (χ4n) is 4.05. The highest BCUT2D eigenvalue weighted by molar-refractivity contribution is 5.74. The average molecular weight is 434 g/mol. The summed E-state index contributed by atoms with van der Waals surface area (Å²) in [5.41, 5.74) is 4.29. The molecule has 0 radical (unpaired) electrons. The van der Waals surface area contributed by atoms with Crippen LogP contribution in [0.3, 0.4) is 0 Å². The van der Waals surface area contributed by atoms with Crippen LogP contribution in [-0.4, -0.2) is 45.7 Å². The third-order valence-corrected chi connectivity index (χ3v) is 5.79. The third-order valence-electron chi connectivity index (χ3n) is 5.79. The molecule has 2 N–H and O–H groups in total. The monoisotopic (exact) mass is 433 g/mol. The van der Waals surface area contributed by atoms with Crippen LogP contribution in [0.1, 0.15) is 44.4 Å². The Bertz CT molecular complexity index is 1060. The first-order valence-corrected chi connectivity index (χ1v) is 11.2. The number of likely N-dealkylation sites (tertiary alicyclic amines) is 1. The van der Waals surface area contributed by atoms with Gasteiger partial charge in [0, 0.05) is 55.5 Å². The van der Waals surface area contributed by atoms with E-state index in [9.17, 15) is 4.79 Å². The predicted octanol–water partition coefficient (Wildman–Crippen LogP) is 4.45. The van der Waals surface area contributed by atoms with Crippen LogP contribution in [0.2, 0.25) is 0 Å². The van der Waals surface area contributed by atoms with Gasteiger partial charge in [0.2, 0.25) is 5.91 Å². The van der Waals surface area contributed by atoms with Gasteiger partial charge in [-0.15, -0.1) is 0 Å². The van der Waals surface area contributed by atoms with Crippen molar-refractivity contribution in [3.63, 3.8) is 0 Å². The molecule has 0 saturated carbocycles. The van der Waals surface area contributed by atoms with E-state index in [1.54, 1.807) is 6.92 Å². The topological polar surface area (TPSA) is 83.1 Å². The first kappa shape index (κ1) is 21.9. The standard InChI is InChI=1S/C25H31N5O2/c1-17(2)16-32-23-7-5-4-6-20(23)13-27-24-12-19(8-10-26-24)22-14-28-29-25(22)21-9-11-30(15-21)18(3)31/h4-8,10,12,14,17,21H,9,11,13,15-16H2,1-3H3,(H,26,27)(H,28,29)/t21-/m0/s1. The lowest BCUT2D eigenvalue weighted by molar-refractivity contribution is -0.127. The number of nitrogens with one attached hydrogen (secondary N) is 2. The number of hydrogen-bond donors (Lipinski definition) is 2. The van der Waals surface area contributed by atoms with E-state index in [2.05, 4.69) is 40.4 Å². The number of amides is 1. The maximum absolute atomic E-state index is 11.7. The van der Waals surface area contributed by atoms with Crippen molar-refractivity contribution in [3.05, 3.63) is 60.0 Å². The third kappa shape index (κ3) is 5.10. The normalized spacial score (nSPS) is 15.9. The zero-order valence-electron chi connectivity index (χ0n) is 19.0. The molecular formula is C25H31N5O2. The fraction of sp³-hybridized carbons (Fsp3) is 0.400. The molecule has 3 heterocycles. The summed E-state index contributed by atoms with van der Waals surface area (Å²) in [4.78, 5) is 18.1. The summed E-state index contributed by atoms with van der Waals surface area (Å²) in [7, 11) is 0. The van der Waals surface area contributed by atoms with Crippen LogP contribution in [0.5, 0.6) is 5.75 Å². The summed E-state index contributed by atoms with van der Waals surface area (Å²) in [6, 6.07) is 12.1. The molecule has 0 spiro atoms. The quantitative estimate of drug-likeness (QED) is 0.548. The lowest BCUT2D eigenvalue weighted by Crippen LogP contribution is -2.25. The number of anilines is 1. The molecule has 0 aliphatic carbocycles. The van der Waals surface area contributed by atoms with Crippen molar-refractivity contribution in [2.45, 2.75) is 39.7 Å². The van der Waals surface area contributed by atoms with Crippen LogP contribution in [-0.2, 0) is 11.3 Å². The lowest BCUT2D eigenvalue weighted by atomic mass is 9.97. The van der Waals surface area contributed by atoms with Crippen molar-refractivity contribution in [2.24, 2.45) is 5.92 Å². The molecule has 1 aliphatic heterocycles. The number of rotatable bonds is 8. The van der Waals surface area contributed by atoms with Gasteiger partial charge in [0.15, 0.2) is 0 Å². The number of carbonyl (C=O) groups is 1. The van der Waals surface area contributed by atoms with Gasteiger partial charge in [0.05, 0.1) is 12.8 Å². The summed E-state index contributed by atoms with van der Waals surface area (Å²) in [5.74, 6) is 2.57. The van der Waals surface area contributed by atoms with Crippen LogP contribution < -0.4 is 10.1 Å². The molecule has 1 saturated heterocycles. The van der Waals surface area contributed by atoms with Crippen molar-refractivity contribution < 1.29 is 9.53 Å². The average Bonchev–Trinajstić information content (AvgIpc) is 3.46. The van der Waals surface area contributed by atoms with Crippen molar-refractivity contribution in [1.29, 1.82) is 0 Å². The zero-order valence-corrected chi connectivity index (χ0v) is 19.0. The Balaban J connectivity index is 1.47.